The summed E-state index contributed by atoms with van der Waals surface area (Å²) < 4.78 is 4.65. The number of rotatable bonds is 8. The van der Waals surface area contributed by atoms with E-state index >= 15 is 0 Å². The first kappa shape index (κ1) is 23.1. The molecule has 0 spiro atoms. The van der Waals surface area contributed by atoms with Gasteiger partial charge in [-0.15, -0.1) is 23.1 Å². The van der Waals surface area contributed by atoms with Crippen LogP contribution in [-0.4, -0.2) is 73.7 Å². The van der Waals surface area contributed by atoms with E-state index in [-0.39, 0.29) is 40.0 Å². The molecule has 0 radical (unpaired) electrons. The maximum absolute atomic E-state index is 12.8. The van der Waals surface area contributed by atoms with E-state index in [1.807, 2.05) is 0 Å². The van der Waals surface area contributed by atoms with Gasteiger partial charge in [-0.25, -0.2) is 14.6 Å². The molecule has 2 aliphatic rings. The van der Waals surface area contributed by atoms with Crippen LogP contribution < -0.4 is 16.8 Å². The lowest BCUT2D eigenvalue weighted by Gasteiger charge is -2.49. The molecular weight excluding hydrogens is 466 g/mol. The largest absolute Gasteiger partial charge is 0.481 e. The zero-order valence-electron chi connectivity index (χ0n) is 16.1. The minimum atomic E-state index is -1.39. The van der Waals surface area contributed by atoms with Crippen LogP contribution in [0.4, 0.5) is 9.93 Å². The number of fused-ring (bicyclic) bond motifs is 1. The molecule has 2 atom stereocenters. The molecule has 0 aromatic carbocycles. The molecule has 0 aliphatic carbocycles. The number of hydrogen-bond donors (Lipinski definition) is 5. The molecule has 170 valence electrons. The first-order valence-corrected chi connectivity index (χ1v) is 10.8. The van der Waals surface area contributed by atoms with Gasteiger partial charge in [-0.2, -0.15) is 0 Å². The highest BCUT2D eigenvalue weighted by Gasteiger charge is 2.54. The Balaban J connectivity index is 1.79. The fourth-order valence-electron chi connectivity index (χ4n) is 3.09. The van der Waals surface area contributed by atoms with Crippen molar-refractivity contribution in [2.24, 2.45) is 5.73 Å². The molecule has 0 bridgehead atoms. The molecular formula is C17H17N5O8S2. The normalized spacial score (nSPS) is 20.3. The van der Waals surface area contributed by atoms with E-state index in [9.17, 15) is 29.1 Å². The van der Waals surface area contributed by atoms with E-state index in [1.165, 1.54) is 17.1 Å². The van der Waals surface area contributed by atoms with Crippen LogP contribution in [0.2, 0.25) is 0 Å². The third-order valence-corrected chi connectivity index (χ3v) is 6.46. The number of ether oxygens (including phenoxy) is 1. The highest BCUT2D eigenvalue weighted by molar-refractivity contribution is 8.00. The maximum atomic E-state index is 12.8. The Morgan fingerprint density at radius 1 is 1.34 bits per heavy atom. The summed E-state index contributed by atoms with van der Waals surface area (Å²) in [5.74, 6) is -3.87. The van der Waals surface area contributed by atoms with Gasteiger partial charge < -0.3 is 31.7 Å². The van der Waals surface area contributed by atoms with Crippen LogP contribution in [0.3, 0.4) is 0 Å². The van der Waals surface area contributed by atoms with Gasteiger partial charge >= 0.3 is 18.0 Å². The number of carbonyl (C=O) groups is 5. The van der Waals surface area contributed by atoms with Gasteiger partial charge in [0.25, 0.3) is 11.8 Å². The Kier molecular flexibility index (Phi) is 6.69. The average Bonchev–Trinajstić information content (AvgIpc) is 3.15. The Morgan fingerprint density at radius 3 is 2.62 bits per heavy atom. The highest BCUT2D eigenvalue weighted by Crippen LogP contribution is 2.40. The SMILES string of the molecule is NC(=O)OCC1=C(C(=O)O)N2C(=O)[C@@H](NC(=O)C(=CCC(=O)O)c3csc(N)n3)[C@@H]2SC1. The van der Waals surface area contributed by atoms with E-state index < -0.39 is 47.7 Å². The highest BCUT2D eigenvalue weighted by atomic mass is 32.2. The van der Waals surface area contributed by atoms with Gasteiger partial charge in [0, 0.05) is 16.7 Å². The molecule has 13 nitrogen and oxygen atoms in total. The fourth-order valence-corrected chi connectivity index (χ4v) is 4.98. The van der Waals surface area contributed by atoms with Crippen molar-refractivity contribution in [1.82, 2.24) is 15.2 Å². The van der Waals surface area contributed by atoms with Crippen LogP contribution in [-0.2, 0) is 23.9 Å². The van der Waals surface area contributed by atoms with Gasteiger partial charge in [0.05, 0.1) is 17.7 Å². The Labute approximate surface area is 188 Å². The number of primary amides is 1. The Bertz CT molecular complexity index is 1070. The molecule has 1 fully saturated rings. The number of carboxylic acid groups (broad SMARTS) is 2. The number of hydrogen-bond acceptors (Lipinski definition) is 10. The lowest BCUT2D eigenvalue weighted by Crippen LogP contribution is -2.70. The summed E-state index contributed by atoms with van der Waals surface area (Å²) in [5, 5.41) is 21.9. The van der Waals surface area contributed by atoms with Crippen molar-refractivity contribution < 1.29 is 38.9 Å². The predicted octanol–water partition coefficient (Wildman–Crippen LogP) is -0.583. The number of nitrogens with one attached hydrogen (secondary N) is 1. The van der Waals surface area contributed by atoms with Crippen molar-refractivity contribution in [1.29, 1.82) is 0 Å². The first-order valence-electron chi connectivity index (χ1n) is 8.86. The summed E-state index contributed by atoms with van der Waals surface area (Å²) in [6, 6.07) is -1.05. The molecule has 15 heteroatoms. The quantitative estimate of drug-likeness (QED) is 0.233. The third-order valence-electron chi connectivity index (χ3n) is 4.45. The molecule has 3 rings (SSSR count). The number of amides is 3. The molecule has 0 saturated carbocycles. The Hall–Kier alpha value is -3.59. The number of thiazole rings is 1. The minimum absolute atomic E-state index is 0.0723. The first-order chi connectivity index (χ1) is 15.1. The van der Waals surface area contributed by atoms with Gasteiger partial charge in [-0.3, -0.25) is 19.3 Å². The molecule has 3 heterocycles. The molecule has 1 saturated heterocycles. The van der Waals surface area contributed by atoms with Crippen molar-refractivity contribution in [3.8, 4) is 0 Å². The average molecular weight is 483 g/mol. The summed E-state index contributed by atoms with van der Waals surface area (Å²) in [6.45, 7) is -0.384. The second kappa shape index (κ2) is 9.27. The van der Waals surface area contributed by atoms with E-state index in [0.29, 0.717) is 0 Å². The fraction of sp³-hybridized carbons (Fsp3) is 0.294. The second-order valence-corrected chi connectivity index (χ2v) is 8.51. The topological polar surface area (TPSA) is 215 Å². The molecule has 3 amide bonds. The van der Waals surface area contributed by atoms with Crippen LogP contribution in [0.1, 0.15) is 12.1 Å². The van der Waals surface area contributed by atoms with Gasteiger partial charge in [0.1, 0.15) is 23.7 Å². The number of carboxylic acids is 2. The van der Waals surface area contributed by atoms with Gasteiger partial charge in [-0.1, -0.05) is 6.08 Å². The van der Waals surface area contributed by atoms with Crippen molar-refractivity contribution >= 4 is 63.6 Å². The molecule has 0 unspecified atom stereocenters. The summed E-state index contributed by atoms with van der Waals surface area (Å²) in [4.78, 5) is 64.0. The number of thioether (sulfide) groups is 1. The molecule has 2 aliphatic heterocycles. The molecule has 1 aromatic heterocycles. The standard InChI is InChI=1S/C17H17N5O8S2/c18-16-20-8(5-32-16)7(1-2-9(23)24)12(25)21-10-13(26)22-11(15(27)28)6(3-30-17(19)29)4-31-14(10)22/h1,5,10,14H,2-4H2,(H2,18,20)(H2,19,29)(H,21,25)(H,23,24)(H,27,28)/t10-,14+/m1/s1. The van der Waals surface area contributed by atoms with E-state index in [0.717, 1.165) is 22.3 Å². The van der Waals surface area contributed by atoms with Gasteiger partial charge in [-0.05, 0) is 0 Å². The zero-order valence-corrected chi connectivity index (χ0v) is 17.8. The number of nitrogens with zero attached hydrogens (tertiary/aromatic N) is 2. The predicted molar refractivity (Wildman–Crippen MR) is 112 cm³/mol. The second-order valence-electron chi connectivity index (χ2n) is 6.51. The molecule has 32 heavy (non-hydrogen) atoms. The van der Waals surface area contributed by atoms with E-state index in [4.69, 9.17) is 16.6 Å². The number of nitrogens with two attached hydrogens (primary N) is 2. The smallest absolute Gasteiger partial charge is 0.404 e. The summed E-state index contributed by atoms with van der Waals surface area (Å²) >= 11 is 2.22. The lowest BCUT2D eigenvalue weighted by molar-refractivity contribution is -0.150. The summed E-state index contributed by atoms with van der Waals surface area (Å²) in [5.41, 5.74) is 10.4. The maximum Gasteiger partial charge on any atom is 0.404 e. The number of aliphatic carboxylic acids is 2. The van der Waals surface area contributed by atoms with Gasteiger partial charge in [0.2, 0.25) is 0 Å². The Morgan fingerprint density at radius 2 is 2.06 bits per heavy atom. The number of anilines is 1. The lowest BCUT2D eigenvalue weighted by atomic mass is 10.0. The van der Waals surface area contributed by atoms with E-state index in [1.54, 1.807) is 0 Å². The summed E-state index contributed by atoms with van der Waals surface area (Å²) in [6.07, 6.45) is -0.390. The number of carbonyl (C=O) groups excluding carboxylic acids is 3. The van der Waals surface area contributed by atoms with Crippen LogP contribution in [0.25, 0.3) is 5.57 Å². The minimum Gasteiger partial charge on any atom is -0.481 e. The molecule has 1 aromatic rings. The zero-order chi connectivity index (χ0) is 23.6. The van der Waals surface area contributed by atoms with Crippen molar-refractivity contribution in [2.75, 3.05) is 18.1 Å². The van der Waals surface area contributed by atoms with Crippen LogP contribution >= 0.6 is 23.1 Å². The number of nitrogen functional groups attached to an aromatic ring is 1. The van der Waals surface area contributed by atoms with Crippen molar-refractivity contribution in [3.05, 3.63) is 28.4 Å². The monoisotopic (exact) mass is 483 g/mol. The number of aromatic nitrogens is 1. The van der Waals surface area contributed by atoms with Crippen LogP contribution in [0.5, 0.6) is 0 Å². The summed E-state index contributed by atoms with van der Waals surface area (Å²) in [7, 11) is 0. The van der Waals surface area contributed by atoms with Crippen LogP contribution in [0.15, 0.2) is 22.7 Å². The number of β-lactam (4-membered cyclic amide) rings is 1. The van der Waals surface area contributed by atoms with Crippen molar-refractivity contribution in [2.45, 2.75) is 17.8 Å². The third kappa shape index (κ3) is 4.67. The van der Waals surface area contributed by atoms with Crippen molar-refractivity contribution in [3.63, 3.8) is 0 Å². The molecule has 7 N–H and O–H groups in total. The van der Waals surface area contributed by atoms with Gasteiger partial charge in [0.15, 0.2) is 5.13 Å². The van der Waals surface area contributed by atoms with Crippen LogP contribution in [0, 0.1) is 0 Å². The van der Waals surface area contributed by atoms with E-state index in [2.05, 4.69) is 15.0 Å².